The van der Waals surface area contributed by atoms with Gasteiger partial charge in [0.15, 0.2) is 0 Å². The van der Waals surface area contributed by atoms with E-state index in [1.807, 2.05) is 0 Å². The summed E-state index contributed by atoms with van der Waals surface area (Å²) in [5, 5.41) is 3.00. The fraction of sp³-hybridized carbons (Fsp3) is 0.562. The van der Waals surface area contributed by atoms with Crippen LogP contribution in [-0.4, -0.2) is 38.3 Å². The summed E-state index contributed by atoms with van der Waals surface area (Å²) in [7, 11) is -2.14. The molecule has 0 atom stereocenters. The fourth-order valence-electron chi connectivity index (χ4n) is 1.85. The molecule has 1 amide bonds. The number of nitrogens with zero attached hydrogens (tertiary/aromatic N) is 1. The minimum absolute atomic E-state index is 0.0621. The highest BCUT2D eigenvalue weighted by Crippen LogP contribution is 2.23. The molecule has 1 rings (SSSR count). The van der Waals surface area contributed by atoms with Crippen molar-refractivity contribution in [3.63, 3.8) is 0 Å². The molecule has 0 spiro atoms. The van der Waals surface area contributed by atoms with E-state index in [9.17, 15) is 13.2 Å². The highest BCUT2D eigenvalue weighted by Gasteiger charge is 2.24. The van der Waals surface area contributed by atoms with Gasteiger partial charge in [-0.2, -0.15) is 4.31 Å². The molecule has 0 radical (unpaired) electrons. The van der Waals surface area contributed by atoms with E-state index in [4.69, 9.17) is 11.6 Å². The van der Waals surface area contributed by atoms with Crippen molar-refractivity contribution in [2.45, 2.75) is 45.1 Å². The van der Waals surface area contributed by atoms with Gasteiger partial charge in [-0.1, -0.05) is 25.4 Å². The van der Waals surface area contributed by atoms with E-state index in [0.717, 1.165) is 6.42 Å². The number of halogens is 1. The first-order valence-electron chi connectivity index (χ1n) is 7.63. The first-order valence-corrected chi connectivity index (χ1v) is 9.45. The predicted octanol–water partition coefficient (Wildman–Crippen LogP) is 3.14. The van der Waals surface area contributed by atoms with Crippen molar-refractivity contribution in [2.24, 2.45) is 5.92 Å². The van der Waals surface area contributed by atoms with Gasteiger partial charge in [0, 0.05) is 19.6 Å². The molecule has 23 heavy (non-hydrogen) atoms. The molecule has 0 aliphatic carbocycles. The van der Waals surface area contributed by atoms with Crippen LogP contribution >= 0.6 is 11.6 Å². The summed E-state index contributed by atoms with van der Waals surface area (Å²) in [5.41, 5.74) is 0.175. The van der Waals surface area contributed by atoms with E-state index in [1.165, 1.54) is 29.6 Å². The number of hydrogen-bond acceptors (Lipinski definition) is 3. The van der Waals surface area contributed by atoms with Gasteiger partial charge in [0.05, 0.1) is 15.5 Å². The maximum Gasteiger partial charge on any atom is 0.252 e. The zero-order valence-electron chi connectivity index (χ0n) is 14.3. The molecule has 130 valence electrons. The van der Waals surface area contributed by atoms with Crippen molar-refractivity contribution in [3.8, 4) is 0 Å². The second-order valence-electron chi connectivity index (χ2n) is 6.20. The maximum atomic E-state index is 12.5. The average molecular weight is 361 g/mol. The number of carbonyl (C=O) groups is 1. The molecule has 0 heterocycles. The van der Waals surface area contributed by atoms with Crippen LogP contribution in [0.5, 0.6) is 0 Å². The van der Waals surface area contributed by atoms with E-state index >= 15 is 0 Å². The van der Waals surface area contributed by atoms with E-state index in [1.54, 1.807) is 13.8 Å². The van der Waals surface area contributed by atoms with Gasteiger partial charge in [-0.3, -0.25) is 4.79 Å². The smallest absolute Gasteiger partial charge is 0.252 e. The van der Waals surface area contributed by atoms with Gasteiger partial charge in [0.25, 0.3) is 5.91 Å². The molecule has 0 saturated heterocycles. The molecule has 0 unspecified atom stereocenters. The van der Waals surface area contributed by atoms with Crippen LogP contribution in [0.2, 0.25) is 5.02 Å². The van der Waals surface area contributed by atoms with Crippen molar-refractivity contribution in [1.29, 1.82) is 0 Å². The quantitative estimate of drug-likeness (QED) is 0.812. The maximum absolute atomic E-state index is 12.5. The zero-order valence-corrected chi connectivity index (χ0v) is 15.8. The lowest BCUT2D eigenvalue weighted by Gasteiger charge is -2.21. The summed E-state index contributed by atoms with van der Waals surface area (Å²) in [4.78, 5) is 12.3. The lowest BCUT2D eigenvalue weighted by atomic mass is 10.1. The number of rotatable bonds is 7. The van der Waals surface area contributed by atoms with Gasteiger partial charge < -0.3 is 5.32 Å². The molecule has 1 aromatic rings. The molecule has 0 aromatic heterocycles. The van der Waals surface area contributed by atoms with Crippen LogP contribution in [0.15, 0.2) is 23.1 Å². The lowest BCUT2D eigenvalue weighted by Crippen LogP contribution is -2.33. The Balaban J connectivity index is 3.06. The molecular formula is C16H25ClN2O3S. The second kappa shape index (κ2) is 8.13. The van der Waals surface area contributed by atoms with Crippen LogP contribution in [-0.2, 0) is 10.0 Å². The minimum Gasteiger partial charge on any atom is -0.352 e. The Kier molecular flexibility index (Phi) is 7.04. The Hall–Kier alpha value is -1.11. The summed E-state index contributed by atoms with van der Waals surface area (Å²) < 4.78 is 26.3. The Labute approximate surface area is 144 Å². The van der Waals surface area contributed by atoms with Gasteiger partial charge in [-0.15, -0.1) is 0 Å². The molecule has 0 bridgehead atoms. The van der Waals surface area contributed by atoms with Crippen LogP contribution in [0.1, 0.15) is 44.5 Å². The van der Waals surface area contributed by atoms with Gasteiger partial charge in [0.1, 0.15) is 0 Å². The normalized spacial score (nSPS) is 12.2. The molecule has 7 heteroatoms. The number of benzene rings is 1. The fourth-order valence-corrected chi connectivity index (χ4v) is 3.45. The van der Waals surface area contributed by atoms with Crippen molar-refractivity contribution in [2.75, 3.05) is 13.6 Å². The Bertz CT molecular complexity index is 657. The minimum atomic E-state index is -3.65. The summed E-state index contributed by atoms with van der Waals surface area (Å²) in [5.74, 6) is 0.108. The monoisotopic (exact) mass is 360 g/mol. The topological polar surface area (TPSA) is 66.5 Å². The summed E-state index contributed by atoms with van der Waals surface area (Å²) in [6, 6.07) is 4.02. The third kappa shape index (κ3) is 5.19. The zero-order chi connectivity index (χ0) is 17.8. The predicted molar refractivity (Wildman–Crippen MR) is 93.3 cm³/mol. The average Bonchev–Trinajstić information content (AvgIpc) is 2.45. The van der Waals surface area contributed by atoms with Crippen LogP contribution in [0.4, 0.5) is 0 Å². The number of hydrogen-bond donors (Lipinski definition) is 1. The Morgan fingerprint density at radius 3 is 2.39 bits per heavy atom. The molecule has 5 nitrogen and oxygen atoms in total. The van der Waals surface area contributed by atoms with Gasteiger partial charge >= 0.3 is 0 Å². The standard InChI is InChI=1S/C16H25ClN2O3S/c1-11(2)8-9-18-16(20)14-10-13(6-7-15(14)17)23(21,22)19(5)12(3)4/h6-7,10-12H,8-9H2,1-5H3,(H,18,20). The van der Waals surface area contributed by atoms with Crippen molar-refractivity contribution >= 4 is 27.5 Å². The molecular weight excluding hydrogens is 336 g/mol. The van der Waals surface area contributed by atoms with Crippen LogP contribution in [0.25, 0.3) is 0 Å². The van der Waals surface area contributed by atoms with Gasteiger partial charge in [0.2, 0.25) is 10.0 Å². The van der Waals surface area contributed by atoms with Gasteiger partial charge in [-0.25, -0.2) is 8.42 Å². The highest BCUT2D eigenvalue weighted by atomic mass is 35.5. The number of nitrogens with one attached hydrogen (secondary N) is 1. The largest absolute Gasteiger partial charge is 0.352 e. The van der Waals surface area contributed by atoms with Crippen molar-refractivity contribution in [1.82, 2.24) is 9.62 Å². The van der Waals surface area contributed by atoms with Gasteiger partial charge in [-0.05, 0) is 44.4 Å². The van der Waals surface area contributed by atoms with E-state index in [2.05, 4.69) is 19.2 Å². The molecule has 0 aliphatic rings. The SMILES string of the molecule is CC(C)CCNC(=O)c1cc(S(=O)(=O)N(C)C(C)C)ccc1Cl. The highest BCUT2D eigenvalue weighted by molar-refractivity contribution is 7.89. The number of carbonyl (C=O) groups excluding carboxylic acids is 1. The number of sulfonamides is 1. The van der Waals surface area contributed by atoms with E-state index < -0.39 is 10.0 Å². The molecule has 1 N–H and O–H groups in total. The summed E-state index contributed by atoms with van der Waals surface area (Å²) in [6.45, 7) is 8.22. The molecule has 0 fully saturated rings. The Morgan fingerprint density at radius 1 is 1.26 bits per heavy atom. The molecule has 1 aromatic carbocycles. The lowest BCUT2D eigenvalue weighted by molar-refractivity contribution is 0.0952. The van der Waals surface area contributed by atoms with Crippen molar-refractivity contribution < 1.29 is 13.2 Å². The molecule has 0 saturated carbocycles. The first-order chi connectivity index (χ1) is 10.6. The van der Waals surface area contributed by atoms with Crippen LogP contribution in [0.3, 0.4) is 0 Å². The van der Waals surface area contributed by atoms with E-state index in [-0.39, 0.29) is 27.4 Å². The van der Waals surface area contributed by atoms with Crippen molar-refractivity contribution in [3.05, 3.63) is 28.8 Å². The van der Waals surface area contributed by atoms with E-state index in [0.29, 0.717) is 12.5 Å². The first kappa shape index (κ1) is 19.9. The van der Waals surface area contributed by atoms with Crippen LogP contribution in [0, 0.1) is 5.92 Å². The molecule has 0 aliphatic heterocycles. The third-order valence-corrected chi connectivity index (χ3v) is 5.95. The second-order valence-corrected chi connectivity index (χ2v) is 8.60. The summed E-state index contributed by atoms with van der Waals surface area (Å²) in [6.07, 6.45) is 0.845. The number of amides is 1. The third-order valence-electron chi connectivity index (χ3n) is 3.59. The Morgan fingerprint density at radius 2 is 1.87 bits per heavy atom. The van der Waals surface area contributed by atoms with Crippen LogP contribution < -0.4 is 5.32 Å². The summed E-state index contributed by atoms with van der Waals surface area (Å²) >= 11 is 6.06.